The number of carbonyl (C=O) groups is 3. The van der Waals surface area contributed by atoms with Gasteiger partial charge in [0.05, 0.1) is 23.7 Å². The zero-order chi connectivity index (χ0) is 29.1. The molecule has 3 aromatic carbocycles. The molecule has 0 aliphatic carbocycles. The summed E-state index contributed by atoms with van der Waals surface area (Å²) in [6, 6.07) is 19.2. The van der Waals surface area contributed by atoms with E-state index in [-0.39, 0.29) is 32.9 Å². The van der Waals surface area contributed by atoms with Crippen molar-refractivity contribution >= 4 is 62.9 Å². The van der Waals surface area contributed by atoms with Gasteiger partial charge in [0.1, 0.15) is 16.5 Å². The first-order valence-corrected chi connectivity index (χ1v) is 13.4. The minimum absolute atomic E-state index is 0.0460. The van der Waals surface area contributed by atoms with E-state index in [9.17, 15) is 19.6 Å². The van der Waals surface area contributed by atoms with Crippen LogP contribution < -0.4 is 25.5 Å². The van der Waals surface area contributed by atoms with Crippen molar-refractivity contribution in [3.8, 4) is 17.0 Å². The lowest BCUT2D eigenvalue weighted by Crippen LogP contribution is -2.32. The van der Waals surface area contributed by atoms with E-state index in [2.05, 4.69) is 15.6 Å². The zero-order valence-corrected chi connectivity index (χ0v) is 22.9. The van der Waals surface area contributed by atoms with Gasteiger partial charge in [0.25, 0.3) is 17.7 Å². The van der Waals surface area contributed by atoms with Crippen LogP contribution in [-0.2, 0) is 9.59 Å². The predicted octanol–water partition coefficient (Wildman–Crippen LogP) is 5.59. The van der Waals surface area contributed by atoms with E-state index in [1.807, 2.05) is 0 Å². The van der Waals surface area contributed by atoms with Crippen molar-refractivity contribution in [2.75, 3.05) is 27.4 Å². The molecular weight excluding hydrogens is 570 g/mol. The number of para-hydroxylation sites is 2. The number of benzene rings is 3. The molecule has 1 aromatic heterocycles. The van der Waals surface area contributed by atoms with Gasteiger partial charge in [-0.3, -0.25) is 24.9 Å². The molecule has 11 nitrogen and oxygen atoms in total. The molecule has 1 aliphatic rings. The summed E-state index contributed by atoms with van der Waals surface area (Å²) in [5.41, 5.74) is 1.88. The normalized spacial score (nSPS) is 13.0. The van der Waals surface area contributed by atoms with E-state index in [4.69, 9.17) is 21.5 Å². The molecular formula is C28H21ClN5O6S-. The topological polar surface area (TPSA) is 147 Å². The van der Waals surface area contributed by atoms with Crippen molar-refractivity contribution in [3.63, 3.8) is 0 Å². The van der Waals surface area contributed by atoms with Gasteiger partial charge in [-0.2, -0.15) is 0 Å². The highest BCUT2D eigenvalue weighted by atomic mass is 35.5. The molecule has 0 unspecified atom stereocenters. The number of carbonyl (C=O) groups excluding carboxylic acids is 3. The van der Waals surface area contributed by atoms with Crippen molar-refractivity contribution in [3.05, 3.63) is 99.7 Å². The van der Waals surface area contributed by atoms with Crippen molar-refractivity contribution in [2.24, 2.45) is 0 Å². The quantitative estimate of drug-likeness (QED) is 0.168. The van der Waals surface area contributed by atoms with Crippen LogP contribution in [0.5, 0.6) is 5.75 Å². The number of hydrogen-bond acceptors (Lipinski definition) is 10. The number of ether oxygens (including phenoxy) is 1. The Hall–Kier alpha value is -4.75. The third-order valence-corrected chi connectivity index (χ3v) is 7.02. The third kappa shape index (κ3) is 5.76. The first-order valence-electron chi connectivity index (χ1n) is 12.2. The van der Waals surface area contributed by atoms with Crippen LogP contribution in [0.2, 0.25) is 0 Å². The van der Waals surface area contributed by atoms with Gasteiger partial charge >= 0.3 is 0 Å². The molecule has 0 radical (unpaired) electrons. The van der Waals surface area contributed by atoms with Gasteiger partial charge in [-0.1, -0.05) is 41.9 Å². The summed E-state index contributed by atoms with van der Waals surface area (Å²) in [5.74, 6) is -1.47. The van der Waals surface area contributed by atoms with Crippen LogP contribution in [0.1, 0.15) is 17.3 Å². The van der Waals surface area contributed by atoms with E-state index in [0.717, 1.165) is 4.90 Å². The second kappa shape index (κ2) is 11.8. The number of nitrogens with zero attached hydrogens (tertiary/aromatic N) is 3. The van der Waals surface area contributed by atoms with Crippen LogP contribution in [0, 0.1) is 5.21 Å². The summed E-state index contributed by atoms with van der Waals surface area (Å²) in [7, 11) is 0. The number of amides is 3. The van der Waals surface area contributed by atoms with E-state index in [0.29, 0.717) is 34.4 Å². The number of rotatable bonds is 9. The number of hydrogen-bond donors (Lipinski definition) is 3. The van der Waals surface area contributed by atoms with Crippen molar-refractivity contribution < 1.29 is 24.3 Å². The molecule has 1 aliphatic heterocycles. The van der Waals surface area contributed by atoms with Gasteiger partial charge in [0.15, 0.2) is 5.13 Å². The number of aromatic nitrogens is 1. The van der Waals surface area contributed by atoms with Gasteiger partial charge in [-0.25, -0.2) is 9.88 Å². The molecule has 13 heteroatoms. The number of nitrogens with one attached hydrogen (secondary N) is 2. The summed E-state index contributed by atoms with van der Waals surface area (Å²) in [4.78, 5) is 44.5. The smallest absolute Gasteiger partial charge is 0.283 e. The highest BCUT2D eigenvalue weighted by molar-refractivity contribution is 7.14. The molecule has 0 saturated carbocycles. The largest absolute Gasteiger partial charge is 0.733 e. The van der Waals surface area contributed by atoms with E-state index in [1.165, 1.54) is 29.5 Å². The highest BCUT2D eigenvalue weighted by Crippen LogP contribution is 2.36. The average molecular weight is 591 g/mol. The molecule has 4 aromatic rings. The highest BCUT2D eigenvalue weighted by Gasteiger charge is 2.40. The monoisotopic (exact) mass is 590 g/mol. The van der Waals surface area contributed by atoms with Gasteiger partial charge < -0.3 is 20.5 Å². The Morgan fingerprint density at radius 1 is 1.10 bits per heavy atom. The number of anilines is 4. The molecule has 5 rings (SSSR count). The van der Waals surface area contributed by atoms with Gasteiger partial charge in [-0.15, -0.1) is 11.3 Å². The lowest BCUT2D eigenvalue weighted by molar-refractivity contribution is -0.120. The number of thiazole rings is 1. The zero-order valence-electron chi connectivity index (χ0n) is 21.3. The maximum Gasteiger partial charge on any atom is 0.283 e. The molecule has 208 valence electrons. The molecule has 0 fully saturated rings. The van der Waals surface area contributed by atoms with Crippen LogP contribution >= 0.6 is 22.9 Å². The van der Waals surface area contributed by atoms with Gasteiger partial charge in [0, 0.05) is 22.2 Å². The van der Waals surface area contributed by atoms with Gasteiger partial charge in [-0.05, 0) is 49.4 Å². The van der Waals surface area contributed by atoms with Crippen molar-refractivity contribution in [2.45, 2.75) is 6.92 Å². The van der Waals surface area contributed by atoms with Crippen molar-refractivity contribution in [1.82, 2.24) is 4.98 Å². The number of halogens is 1. The Kier molecular flexibility index (Phi) is 7.99. The molecule has 0 spiro atoms. The molecule has 0 atom stereocenters. The summed E-state index contributed by atoms with van der Waals surface area (Å²) >= 11 is 7.46. The Balaban J connectivity index is 1.31. The fourth-order valence-corrected chi connectivity index (χ4v) is 4.98. The first-order chi connectivity index (χ1) is 19.8. The molecule has 3 N–H and O–H groups in total. The van der Waals surface area contributed by atoms with Crippen LogP contribution in [0.15, 0.2) is 88.9 Å². The van der Waals surface area contributed by atoms with Crippen LogP contribution in [0.3, 0.4) is 0 Å². The van der Waals surface area contributed by atoms with Crippen LogP contribution in [0.25, 0.3) is 11.3 Å². The second-order valence-electron chi connectivity index (χ2n) is 8.56. The second-order valence-corrected chi connectivity index (χ2v) is 9.79. The SMILES string of the molecule is CCOc1ccccc1N1C(=O)C(Cl)=C(Nc2cccc(C(=O)Nc3nc(-c4cccc(N([O-])O)c4)cs3)c2)C1=O. The molecule has 0 saturated heterocycles. The molecule has 2 heterocycles. The van der Waals surface area contributed by atoms with Crippen molar-refractivity contribution in [1.29, 1.82) is 0 Å². The minimum Gasteiger partial charge on any atom is -0.733 e. The maximum atomic E-state index is 13.2. The first kappa shape index (κ1) is 27.8. The lowest BCUT2D eigenvalue weighted by atomic mass is 10.1. The predicted molar refractivity (Wildman–Crippen MR) is 156 cm³/mol. The lowest BCUT2D eigenvalue weighted by Gasteiger charge is -2.21. The van der Waals surface area contributed by atoms with E-state index >= 15 is 0 Å². The maximum absolute atomic E-state index is 13.2. The standard InChI is InChI=1S/C28H21ClN5O6S/c1-2-40-22-12-4-3-11-21(22)33-26(36)23(29)24(27(33)37)30-18-9-5-8-17(13-18)25(35)32-28-31-20(15-41-28)16-7-6-10-19(14-16)34(38)39/h3-15,30,38H,2H2,1H3,(H,31,32,35)/q-1. The van der Waals surface area contributed by atoms with Crippen LogP contribution in [0.4, 0.5) is 22.2 Å². The number of imide groups is 1. The summed E-state index contributed by atoms with van der Waals surface area (Å²) < 4.78 is 5.57. The average Bonchev–Trinajstić information content (AvgIpc) is 3.52. The molecule has 3 amide bonds. The summed E-state index contributed by atoms with van der Waals surface area (Å²) in [5, 5.41) is 27.4. The van der Waals surface area contributed by atoms with Gasteiger partial charge in [0.2, 0.25) is 0 Å². The fourth-order valence-electron chi connectivity index (χ4n) is 4.05. The Morgan fingerprint density at radius 2 is 1.88 bits per heavy atom. The Bertz CT molecular complexity index is 1690. The molecule has 41 heavy (non-hydrogen) atoms. The third-order valence-electron chi connectivity index (χ3n) is 5.91. The van der Waals surface area contributed by atoms with E-state index < -0.39 is 17.7 Å². The fraction of sp³-hybridized carbons (Fsp3) is 0.0714. The minimum atomic E-state index is -0.702. The summed E-state index contributed by atoms with van der Waals surface area (Å²) in [6.07, 6.45) is 0. The summed E-state index contributed by atoms with van der Waals surface area (Å²) in [6.45, 7) is 2.13. The molecule has 0 bridgehead atoms. The Morgan fingerprint density at radius 3 is 2.66 bits per heavy atom. The Labute approximate surface area is 242 Å². The van der Waals surface area contributed by atoms with E-state index in [1.54, 1.807) is 66.9 Å². The van der Waals surface area contributed by atoms with Crippen LogP contribution in [-0.4, -0.2) is 34.5 Å².